The maximum atomic E-state index is 11.4. The molecule has 2 fully saturated rings. The van der Waals surface area contributed by atoms with Crippen molar-refractivity contribution in [2.24, 2.45) is 0 Å². The Morgan fingerprint density at radius 3 is 2.90 bits per heavy atom. The van der Waals surface area contributed by atoms with E-state index in [9.17, 15) is 4.79 Å². The second kappa shape index (κ2) is 5.95. The summed E-state index contributed by atoms with van der Waals surface area (Å²) in [6, 6.07) is 3.28. The van der Waals surface area contributed by atoms with E-state index in [-0.39, 0.29) is 23.3 Å². The van der Waals surface area contributed by atoms with Crippen LogP contribution in [-0.2, 0) is 4.74 Å². The highest BCUT2D eigenvalue weighted by molar-refractivity contribution is 5.91. The highest BCUT2D eigenvalue weighted by atomic mass is 16.6. The molecule has 114 valence electrons. The standard InChI is InChI=1S/C14H20N4O3/c1-15-13(19)11-2-3-12(18-17-11)21-10-8-14(20-9-10)4-6-16-7-5-14/h2-3,10,16H,4-9H2,1H3,(H,15,19). The molecule has 2 N–H and O–H groups in total. The number of ether oxygens (including phenoxy) is 2. The normalized spacial score (nSPS) is 24.0. The quantitative estimate of drug-likeness (QED) is 0.823. The van der Waals surface area contributed by atoms with Gasteiger partial charge in [-0.3, -0.25) is 4.79 Å². The van der Waals surface area contributed by atoms with Crippen molar-refractivity contribution in [2.75, 3.05) is 26.7 Å². The average Bonchev–Trinajstić information content (AvgIpc) is 2.90. The van der Waals surface area contributed by atoms with Crippen molar-refractivity contribution >= 4 is 5.91 Å². The van der Waals surface area contributed by atoms with E-state index in [1.165, 1.54) is 0 Å². The van der Waals surface area contributed by atoms with Crippen molar-refractivity contribution < 1.29 is 14.3 Å². The minimum Gasteiger partial charge on any atom is -0.471 e. The Labute approximate surface area is 123 Å². The van der Waals surface area contributed by atoms with Gasteiger partial charge in [0.25, 0.3) is 5.91 Å². The van der Waals surface area contributed by atoms with E-state index in [0.717, 1.165) is 32.4 Å². The van der Waals surface area contributed by atoms with Crippen LogP contribution in [0.2, 0.25) is 0 Å². The van der Waals surface area contributed by atoms with Gasteiger partial charge >= 0.3 is 0 Å². The van der Waals surface area contributed by atoms with Crippen LogP contribution >= 0.6 is 0 Å². The minimum atomic E-state index is -0.257. The largest absolute Gasteiger partial charge is 0.471 e. The molecule has 2 aliphatic rings. The first-order valence-corrected chi connectivity index (χ1v) is 7.28. The van der Waals surface area contributed by atoms with E-state index < -0.39 is 0 Å². The lowest BCUT2D eigenvalue weighted by Gasteiger charge is -2.32. The summed E-state index contributed by atoms with van der Waals surface area (Å²) in [6.45, 7) is 2.57. The van der Waals surface area contributed by atoms with Crippen LogP contribution in [0.3, 0.4) is 0 Å². The second-order valence-corrected chi connectivity index (χ2v) is 5.52. The van der Waals surface area contributed by atoms with Crippen molar-refractivity contribution in [1.82, 2.24) is 20.8 Å². The maximum Gasteiger partial charge on any atom is 0.271 e. The van der Waals surface area contributed by atoms with Crippen LogP contribution in [0.4, 0.5) is 0 Å². The summed E-state index contributed by atoms with van der Waals surface area (Å²) in [5.74, 6) is 0.175. The molecule has 2 saturated heterocycles. The molecule has 2 aliphatic heterocycles. The zero-order valence-electron chi connectivity index (χ0n) is 12.1. The van der Waals surface area contributed by atoms with Crippen molar-refractivity contribution in [3.05, 3.63) is 17.8 Å². The zero-order chi connectivity index (χ0) is 14.7. The number of amides is 1. The van der Waals surface area contributed by atoms with E-state index in [2.05, 4.69) is 20.8 Å². The number of hydrogen-bond acceptors (Lipinski definition) is 6. The number of carbonyl (C=O) groups is 1. The molecule has 1 unspecified atom stereocenters. The third-order valence-electron chi connectivity index (χ3n) is 4.08. The van der Waals surface area contributed by atoms with Crippen LogP contribution in [-0.4, -0.2) is 54.6 Å². The lowest BCUT2D eigenvalue weighted by molar-refractivity contribution is -0.0206. The van der Waals surface area contributed by atoms with Gasteiger partial charge in [0, 0.05) is 19.5 Å². The van der Waals surface area contributed by atoms with Crippen LogP contribution in [0.15, 0.2) is 12.1 Å². The van der Waals surface area contributed by atoms with Crippen LogP contribution in [0, 0.1) is 0 Å². The topological polar surface area (TPSA) is 85.4 Å². The van der Waals surface area contributed by atoms with Gasteiger partial charge in [-0.2, -0.15) is 0 Å². The summed E-state index contributed by atoms with van der Waals surface area (Å²) < 4.78 is 11.8. The van der Waals surface area contributed by atoms with Gasteiger partial charge in [0.1, 0.15) is 6.10 Å². The third kappa shape index (κ3) is 3.14. The molecule has 7 heteroatoms. The molecule has 0 aliphatic carbocycles. The fraction of sp³-hybridized carbons (Fsp3) is 0.643. The van der Waals surface area contributed by atoms with Crippen LogP contribution < -0.4 is 15.4 Å². The van der Waals surface area contributed by atoms with Crippen LogP contribution in [0.25, 0.3) is 0 Å². The molecule has 0 radical (unpaired) electrons. The minimum absolute atomic E-state index is 0.00301. The summed E-state index contributed by atoms with van der Waals surface area (Å²) in [6.07, 6.45) is 2.93. The summed E-state index contributed by atoms with van der Waals surface area (Å²) >= 11 is 0. The predicted molar refractivity (Wildman–Crippen MR) is 75.2 cm³/mol. The number of carbonyl (C=O) groups excluding carboxylic acids is 1. The van der Waals surface area contributed by atoms with Gasteiger partial charge in [0.05, 0.1) is 12.2 Å². The van der Waals surface area contributed by atoms with Gasteiger partial charge in [0.15, 0.2) is 5.69 Å². The first-order valence-electron chi connectivity index (χ1n) is 7.28. The van der Waals surface area contributed by atoms with Gasteiger partial charge in [-0.15, -0.1) is 10.2 Å². The first kappa shape index (κ1) is 14.2. The number of nitrogens with zero attached hydrogens (tertiary/aromatic N) is 2. The fourth-order valence-electron chi connectivity index (χ4n) is 2.91. The Morgan fingerprint density at radius 2 is 2.24 bits per heavy atom. The van der Waals surface area contributed by atoms with E-state index in [0.29, 0.717) is 12.5 Å². The van der Waals surface area contributed by atoms with Gasteiger partial charge in [-0.05, 0) is 32.0 Å². The number of hydrogen-bond donors (Lipinski definition) is 2. The third-order valence-corrected chi connectivity index (χ3v) is 4.08. The number of aromatic nitrogens is 2. The summed E-state index contributed by atoms with van der Waals surface area (Å²) in [5.41, 5.74) is 0.244. The smallest absolute Gasteiger partial charge is 0.271 e. The summed E-state index contributed by atoms with van der Waals surface area (Å²) in [5, 5.41) is 13.6. The Kier molecular flexibility index (Phi) is 4.03. The first-order chi connectivity index (χ1) is 10.2. The molecule has 0 saturated carbocycles. The van der Waals surface area contributed by atoms with Gasteiger partial charge in [0.2, 0.25) is 5.88 Å². The van der Waals surface area contributed by atoms with E-state index in [1.54, 1.807) is 19.2 Å². The molecule has 1 aromatic rings. The van der Waals surface area contributed by atoms with Crippen molar-refractivity contribution in [3.8, 4) is 5.88 Å². The summed E-state index contributed by atoms with van der Waals surface area (Å²) in [4.78, 5) is 11.4. The Balaban J connectivity index is 1.58. The molecule has 0 aromatic carbocycles. The Bertz CT molecular complexity index is 499. The van der Waals surface area contributed by atoms with Gasteiger partial charge < -0.3 is 20.1 Å². The number of piperidine rings is 1. The molecule has 1 spiro atoms. The van der Waals surface area contributed by atoms with Gasteiger partial charge in [-0.1, -0.05) is 0 Å². The molecule has 1 aromatic heterocycles. The molecular weight excluding hydrogens is 272 g/mol. The molecular formula is C14H20N4O3. The number of rotatable bonds is 3. The monoisotopic (exact) mass is 292 g/mol. The second-order valence-electron chi connectivity index (χ2n) is 5.52. The highest BCUT2D eigenvalue weighted by Gasteiger charge is 2.42. The molecule has 21 heavy (non-hydrogen) atoms. The number of nitrogens with one attached hydrogen (secondary N) is 2. The van der Waals surface area contributed by atoms with E-state index >= 15 is 0 Å². The van der Waals surface area contributed by atoms with E-state index in [4.69, 9.17) is 9.47 Å². The maximum absolute atomic E-state index is 11.4. The Hall–Kier alpha value is -1.73. The lowest BCUT2D eigenvalue weighted by Crippen LogP contribution is -2.41. The van der Waals surface area contributed by atoms with E-state index in [1.807, 2.05) is 0 Å². The van der Waals surface area contributed by atoms with Crippen LogP contribution in [0.1, 0.15) is 29.8 Å². The average molecular weight is 292 g/mol. The summed E-state index contributed by atoms with van der Waals surface area (Å²) in [7, 11) is 1.56. The van der Waals surface area contributed by atoms with Crippen molar-refractivity contribution in [2.45, 2.75) is 31.0 Å². The SMILES string of the molecule is CNC(=O)c1ccc(OC2COC3(CCNCC3)C2)nn1. The fourth-order valence-corrected chi connectivity index (χ4v) is 2.91. The zero-order valence-corrected chi connectivity index (χ0v) is 12.1. The molecule has 1 amide bonds. The molecule has 7 nitrogen and oxygen atoms in total. The van der Waals surface area contributed by atoms with Gasteiger partial charge in [-0.25, -0.2) is 0 Å². The lowest BCUT2D eigenvalue weighted by atomic mass is 9.89. The Morgan fingerprint density at radius 1 is 1.43 bits per heavy atom. The highest BCUT2D eigenvalue weighted by Crippen LogP contribution is 2.35. The predicted octanol–water partition coefficient (Wildman–Crippen LogP) is 0.126. The van der Waals surface area contributed by atoms with Crippen molar-refractivity contribution in [1.29, 1.82) is 0 Å². The van der Waals surface area contributed by atoms with Crippen LogP contribution in [0.5, 0.6) is 5.88 Å². The molecule has 3 heterocycles. The van der Waals surface area contributed by atoms with Crippen molar-refractivity contribution in [3.63, 3.8) is 0 Å². The molecule has 1 atom stereocenters. The molecule has 3 rings (SSSR count). The molecule has 0 bridgehead atoms.